The molecule has 1 atom stereocenters. The molecule has 39 heavy (non-hydrogen) atoms. The van der Waals surface area contributed by atoms with Crippen LogP contribution in [0.4, 0.5) is 0 Å². The number of aliphatic carboxylic acids is 1. The van der Waals surface area contributed by atoms with Gasteiger partial charge in [0.2, 0.25) is 0 Å². The minimum atomic E-state index is -2.12. The van der Waals surface area contributed by atoms with Crippen LogP contribution >= 0.6 is 0 Å². The van der Waals surface area contributed by atoms with Crippen LogP contribution in [0, 0.1) is 11.5 Å². The highest BCUT2D eigenvalue weighted by atomic mass is 28.3. The van der Waals surface area contributed by atoms with E-state index < -0.39 is 37.9 Å². The van der Waals surface area contributed by atoms with Gasteiger partial charge in [0.1, 0.15) is 19.9 Å². The van der Waals surface area contributed by atoms with Gasteiger partial charge >= 0.3 is 23.8 Å². The van der Waals surface area contributed by atoms with Crippen molar-refractivity contribution >= 4 is 31.8 Å². The third-order valence-corrected chi connectivity index (χ3v) is 13.5. The number of nitrogens with one attached hydrogen (secondary N) is 1. The molecule has 1 aromatic carbocycles. The Kier molecular flexibility index (Phi) is 12.4. The Morgan fingerprint density at radius 2 is 1.44 bits per heavy atom. The molecule has 2 N–H and O–H groups in total. The monoisotopic (exact) mass is 558 g/mol. The average molecular weight is 559 g/mol. The number of ether oxygens (including phenoxy) is 1. The molecule has 0 aliphatic carbocycles. The summed E-state index contributed by atoms with van der Waals surface area (Å²) in [4.78, 5) is 50.8. The molecular formula is C30H46N2O6Si. The fraction of sp³-hybridized carbons (Fsp3) is 0.600. The van der Waals surface area contributed by atoms with Gasteiger partial charge in [-0.15, -0.1) is 5.54 Å². The van der Waals surface area contributed by atoms with Gasteiger partial charge in [0, 0.05) is 31.0 Å². The maximum Gasteiger partial charge on any atom is 0.326 e. The zero-order valence-electron chi connectivity index (χ0n) is 25.3. The quantitative estimate of drug-likeness (QED) is 0.138. The van der Waals surface area contributed by atoms with E-state index in [4.69, 9.17) is 4.74 Å². The fourth-order valence-corrected chi connectivity index (χ4v) is 10.7. The lowest BCUT2D eigenvalue weighted by Crippen LogP contribution is -2.53. The van der Waals surface area contributed by atoms with Crippen molar-refractivity contribution in [2.75, 3.05) is 0 Å². The number of carbonyl (C=O) groups excluding carboxylic acids is 3. The highest BCUT2D eigenvalue weighted by Crippen LogP contribution is 2.41. The lowest BCUT2D eigenvalue weighted by molar-refractivity contribution is -0.150. The second-order valence-electron chi connectivity index (χ2n) is 11.5. The number of hydrogen-bond donors (Lipinski definition) is 2. The largest absolute Gasteiger partial charge is 0.480 e. The lowest BCUT2D eigenvalue weighted by atomic mass is 10.00. The Balaban J connectivity index is 3.55. The molecule has 0 heterocycles. The van der Waals surface area contributed by atoms with Crippen molar-refractivity contribution in [2.45, 2.75) is 117 Å². The zero-order valence-corrected chi connectivity index (χ0v) is 26.3. The number of nitrogens with zero attached hydrogens (tertiary/aromatic N) is 1. The predicted molar refractivity (Wildman–Crippen MR) is 156 cm³/mol. The highest BCUT2D eigenvalue weighted by molar-refractivity contribution is 6.90. The Morgan fingerprint density at radius 3 is 1.85 bits per heavy atom. The van der Waals surface area contributed by atoms with Gasteiger partial charge in [-0.25, -0.2) is 4.79 Å². The van der Waals surface area contributed by atoms with E-state index in [0.717, 1.165) is 0 Å². The van der Waals surface area contributed by atoms with Crippen molar-refractivity contribution in [2.24, 2.45) is 0 Å². The molecule has 1 unspecified atom stereocenters. The molecular weight excluding hydrogens is 512 g/mol. The van der Waals surface area contributed by atoms with Gasteiger partial charge in [-0.3, -0.25) is 14.4 Å². The van der Waals surface area contributed by atoms with E-state index in [1.165, 1.54) is 11.8 Å². The first-order valence-electron chi connectivity index (χ1n) is 13.7. The first-order chi connectivity index (χ1) is 17.9. The topological polar surface area (TPSA) is 113 Å². The first-order valence-corrected chi connectivity index (χ1v) is 15.9. The number of carbonyl (C=O) groups is 4. The second-order valence-corrected chi connectivity index (χ2v) is 17.1. The number of hydrogen-bond acceptors (Lipinski definition) is 5. The minimum Gasteiger partial charge on any atom is -0.480 e. The molecule has 0 aliphatic rings. The van der Waals surface area contributed by atoms with E-state index in [1.54, 1.807) is 45.9 Å². The molecule has 1 aromatic rings. The van der Waals surface area contributed by atoms with Crippen molar-refractivity contribution in [3.63, 3.8) is 0 Å². The summed E-state index contributed by atoms with van der Waals surface area (Å²) in [5.74, 6) is 0.122. The lowest BCUT2D eigenvalue weighted by Gasteiger charge is -2.38. The molecule has 2 amide bonds. The summed E-state index contributed by atoms with van der Waals surface area (Å²) in [7, 11) is -2.12. The summed E-state index contributed by atoms with van der Waals surface area (Å²) >= 11 is 0. The van der Waals surface area contributed by atoms with Gasteiger partial charge in [0.25, 0.3) is 0 Å². The molecule has 9 heteroatoms. The summed E-state index contributed by atoms with van der Waals surface area (Å²) < 4.78 is 5.27. The molecule has 1 rings (SSSR count). The SMILES string of the molecule is CC(=O)Oc1ccc(CC(NC(=O)C(=O)N(C(C)C)C(C)C)C(=O)O)c(C#C[Si](C(C)C)(C(C)C)C(C)C)c1. The second kappa shape index (κ2) is 14.3. The maximum absolute atomic E-state index is 12.8. The van der Waals surface area contributed by atoms with Crippen molar-refractivity contribution in [3.8, 4) is 17.2 Å². The van der Waals surface area contributed by atoms with Crippen LogP contribution in [-0.2, 0) is 25.6 Å². The third-order valence-electron chi connectivity index (χ3n) is 7.19. The smallest absolute Gasteiger partial charge is 0.326 e. The van der Waals surface area contributed by atoms with E-state index in [2.05, 4.69) is 58.3 Å². The van der Waals surface area contributed by atoms with Gasteiger partial charge in [0.15, 0.2) is 0 Å². The first kappa shape index (κ1) is 33.9. The fourth-order valence-electron chi connectivity index (χ4n) is 5.51. The number of benzene rings is 1. The number of carboxylic acids is 1. The minimum absolute atomic E-state index is 0.0956. The van der Waals surface area contributed by atoms with Crippen LogP contribution < -0.4 is 10.1 Å². The molecule has 0 aromatic heterocycles. The third kappa shape index (κ3) is 8.69. The number of esters is 1. The van der Waals surface area contributed by atoms with Gasteiger partial charge in [-0.1, -0.05) is 53.5 Å². The predicted octanol–water partition coefficient (Wildman–Crippen LogP) is 4.94. The van der Waals surface area contributed by atoms with Crippen LogP contribution in [0.5, 0.6) is 5.75 Å². The van der Waals surface area contributed by atoms with E-state index in [0.29, 0.717) is 33.5 Å². The Morgan fingerprint density at radius 1 is 0.923 bits per heavy atom. The van der Waals surface area contributed by atoms with Gasteiger partial charge in [-0.05, 0) is 62.0 Å². The van der Waals surface area contributed by atoms with Crippen molar-refractivity contribution < 1.29 is 29.0 Å². The Labute approximate surface area is 234 Å². The average Bonchev–Trinajstić information content (AvgIpc) is 2.78. The van der Waals surface area contributed by atoms with Crippen LogP contribution in [-0.4, -0.2) is 60.0 Å². The van der Waals surface area contributed by atoms with E-state index >= 15 is 0 Å². The van der Waals surface area contributed by atoms with Gasteiger partial charge < -0.3 is 20.1 Å². The molecule has 0 bridgehead atoms. The zero-order chi connectivity index (χ0) is 30.2. The molecule has 0 radical (unpaired) electrons. The molecule has 0 fully saturated rings. The molecule has 0 saturated carbocycles. The van der Waals surface area contributed by atoms with Crippen molar-refractivity contribution in [1.82, 2.24) is 10.2 Å². The Hall–Kier alpha value is -3.12. The Bertz CT molecular complexity index is 1080. The van der Waals surface area contributed by atoms with E-state index in [-0.39, 0.29) is 18.5 Å². The van der Waals surface area contributed by atoms with Crippen LogP contribution in [0.3, 0.4) is 0 Å². The van der Waals surface area contributed by atoms with Crippen molar-refractivity contribution in [1.29, 1.82) is 0 Å². The summed E-state index contributed by atoms with van der Waals surface area (Å²) in [6, 6.07) is 3.05. The van der Waals surface area contributed by atoms with Crippen molar-refractivity contribution in [3.05, 3.63) is 29.3 Å². The number of rotatable bonds is 10. The number of amides is 2. The summed E-state index contributed by atoms with van der Waals surface area (Å²) in [5.41, 5.74) is 5.87. The van der Waals surface area contributed by atoms with Crippen LogP contribution in [0.1, 0.15) is 87.3 Å². The molecule has 0 aliphatic heterocycles. The highest BCUT2D eigenvalue weighted by Gasteiger charge is 2.41. The van der Waals surface area contributed by atoms with Crippen LogP contribution in [0.25, 0.3) is 0 Å². The maximum atomic E-state index is 12.8. The molecule has 8 nitrogen and oxygen atoms in total. The number of carboxylic acid groups (broad SMARTS) is 1. The summed E-state index contributed by atoms with van der Waals surface area (Å²) in [5, 5.41) is 12.3. The normalized spacial score (nSPS) is 12.4. The molecule has 0 saturated heterocycles. The summed E-state index contributed by atoms with van der Waals surface area (Å²) in [6.45, 7) is 21.7. The van der Waals surface area contributed by atoms with Crippen LogP contribution in [0.15, 0.2) is 18.2 Å². The standard InChI is InChI=1S/C30H46N2O6Si/c1-18(2)32(19(3)4)29(35)28(34)31-27(30(36)37)17-24-12-13-26(38-23(11)33)16-25(24)14-15-39(20(5)6,21(7)8)22(9)10/h12-13,16,18-22,27H,17H2,1-11H3,(H,31,34)(H,36,37). The molecule has 0 spiro atoms. The van der Waals surface area contributed by atoms with Crippen LogP contribution in [0.2, 0.25) is 16.6 Å². The van der Waals surface area contributed by atoms with E-state index in [9.17, 15) is 24.3 Å². The van der Waals surface area contributed by atoms with Gasteiger partial charge in [-0.2, -0.15) is 0 Å². The molecule has 216 valence electrons. The summed E-state index contributed by atoms with van der Waals surface area (Å²) in [6.07, 6.45) is -0.0956. The van der Waals surface area contributed by atoms with E-state index in [1.807, 2.05) is 0 Å². The van der Waals surface area contributed by atoms with Gasteiger partial charge in [0.05, 0.1) is 0 Å².